The number of nitrogens with zero attached hydrogens (tertiary/aromatic N) is 1. The quantitative estimate of drug-likeness (QED) is 0.828. The smallest absolute Gasteiger partial charge is 0.343 e. The molecule has 2 unspecified atom stereocenters. The Kier molecular flexibility index (Phi) is 3.84. The molecule has 0 radical (unpaired) electrons. The molecule has 2 fully saturated rings. The average Bonchev–Trinajstić information content (AvgIpc) is 3.04. The number of likely N-dealkylation sites (tertiary alicyclic amines) is 1. The lowest BCUT2D eigenvalue weighted by molar-refractivity contribution is -0.181. The van der Waals surface area contributed by atoms with Crippen molar-refractivity contribution in [1.29, 1.82) is 0 Å². The van der Waals surface area contributed by atoms with Crippen LogP contribution in [0.25, 0.3) is 0 Å². The van der Waals surface area contributed by atoms with Gasteiger partial charge in [-0.15, -0.1) is 0 Å². The van der Waals surface area contributed by atoms with E-state index in [4.69, 9.17) is 5.73 Å². The molecular weight excluding hydrogens is 245 g/mol. The molecule has 3 nitrogen and oxygen atoms in total. The van der Waals surface area contributed by atoms with Crippen LogP contribution in [0.4, 0.5) is 13.2 Å². The molecule has 0 aromatic rings. The van der Waals surface area contributed by atoms with Crippen LogP contribution in [0, 0.1) is 11.8 Å². The van der Waals surface area contributed by atoms with Gasteiger partial charge in [0.1, 0.15) is 0 Å². The highest BCUT2D eigenvalue weighted by molar-refractivity contribution is 5.76. The Morgan fingerprint density at radius 3 is 2.33 bits per heavy atom. The second-order valence-corrected chi connectivity index (χ2v) is 5.42. The SMILES string of the molecule is NC1CCN(C(=O)CC2CC2)CCC1C(F)(F)F. The minimum Gasteiger partial charge on any atom is -0.343 e. The van der Waals surface area contributed by atoms with E-state index in [1.807, 2.05) is 0 Å². The van der Waals surface area contributed by atoms with Gasteiger partial charge >= 0.3 is 6.18 Å². The Hall–Kier alpha value is -0.780. The number of halogens is 3. The number of amides is 1. The van der Waals surface area contributed by atoms with E-state index in [1.165, 1.54) is 0 Å². The van der Waals surface area contributed by atoms with Crippen molar-refractivity contribution in [3.63, 3.8) is 0 Å². The van der Waals surface area contributed by atoms with Crippen molar-refractivity contribution in [2.45, 2.75) is 44.3 Å². The molecule has 2 N–H and O–H groups in total. The van der Waals surface area contributed by atoms with Gasteiger partial charge in [0.05, 0.1) is 5.92 Å². The molecule has 0 aromatic carbocycles. The van der Waals surface area contributed by atoms with Crippen LogP contribution in [0.2, 0.25) is 0 Å². The van der Waals surface area contributed by atoms with Gasteiger partial charge in [-0.05, 0) is 31.6 Å². The third-order valence-electron chi connectivity index (χ3n) is 3.89. The molecule has 2 aliphatic rings. The number of hydrogen-bond donors (Lipinski definition) is 1. The number of rotatable bonds is 2. The minimum atomic E-state index is -4.25. The van der Waals surface area contributed by atoms with Crippen LogP contribution in [0.15, 0.2) is 0 Å². The standard InChI is InChI=1S/C12H19F3N2O/c13-12(14,15)9-3-5-17(6-4-10(9)16)11(18)7-8-1-2-8/h8-10H,1-7,16H2. The van der Waals surface area contributed by atoms with E-state index in [0.717, 1.165) is 12.8 Å². The van der Waals surface area contributed by atoms with Gasteiger partial charge in [0, 0.05) is 25.6 Å². The highest BCUT2D eigenvalue weighted by atomic mass is 19.4. The van der Waals surface area contributed by atoms with Crippen LogP contribution in [0.5, 0.6) is 0 Å². The molecule has 1 aliphatic heterocycles. The summed E-state index contributed by atoms with van der Waals surface area (Å²) >= 11 is 0. The fraction of sp³-hybridized carbons (Fsp3) is 0.917. The average molecular weight is 264 g/mol. The molecule has 1 aliphatic carbocycles. The zero-order chi connectivity index (χ0) is 13.3. The summed E-state index contributed by atoms with van der Waals surface area (Å²) in [6, 6.07) is -0.885. The van der Waals surface area contributed by atoms with Gasteiger partial charge in [0.25, 0.3) is 0 Å². The van der Waals surface area contributed by atoms with Crippen LogP contribution >= 0.6 is 0 Å². The maximum atomic E-state index is 12.7. The number of nitrogens with two attached hydrogens (primary N) is 1. The molecule has 0 aromatic heterocycles. The first kappa shape index (κ1) is 13.6. The van der Waals surface area contributed by atoms with Crippen molar-refractivity contribution in [3.05, 3.63) is 0 Å². The first-order chi connectivity index (χ1) is 8.38. The topological polar surface area (TPSA) is 46.3 Å². The number of hydrogen-bond acceptors (Lipinski definition) is 2. The van der Waals surface area contributed by atoms with Crippen molar-refractivity contribution < 1.29 is 18.0 Å². The van der Waals surface area contributed by atoms with Crippen LogP contribution in [0.3, 0.4) is 0 Å². The van der Waals surface area contributed by atoms with Crippen LogP contribution < -0.4 is 5.73 Å². The van der Waals surface area contributed by atoms with Crippen molar-refractivity contribution in [1.82, 2.24) is 4.90 Å². The van der Waals surface area contributed by atoms with Gasteiger partial charge in [-0.2, -0.15) is 13.2 Å². The van der Waals surface area contributed by atoms with E-state index in [2.05, 4.69) is 0 Å². The summed E-state index contributed by atoms with van der Waals surface area (Å²) < 4.78 is 38.2. The summed E-state index contributed by atoms with van der Waals surface area (Å²) in [5.74, 6) is -1.02. The van der Waals surface area contributed by atoms with Crippen molar-refractivity contribution in [2.24, 2.45) is 17.6 Å². The maximum Gasteiger partial charge on any atom is 0.393 e. The Morgan fingerprint density at radius 2 is 1.78 bits per heavy atom. The van der Waals surface area contributed by atoms with E-state index < -0.39 is 18.1 Å². The third-order valence-corrected chi connectivity index (χ3v) is 3.89. The second kappa shape index (κ2) is 5.07. The zero-order valence-corrected chi connectivity index (χ0v) is 10.2. The maximum absolute atomic E-state index is 12.7. The van der Waals surface area contributed by atoms with Crippen molar-refractivity contribution >= 4 is 5.91 Å². The fourth-order valence-corrected chi connectivity index (χ4v) is 2.48. The van der Waals surface area contributed by atoms with Gasteiger partial charge in [-0.25, -0.2) is 0 Å². The predicted octanol–water partition coefficient (Wildman–Crippen LogP) is 1.91. The summed E-state index contributed by atoms with van der Waals surface area (Å²) in [6.07, 6.45) is -1.45. The van der Waals surface area contributed by atoms with Gasteiger partial charge < -0.3 is 10.6 Å². The molecule has 2 atom stereocenters. The Labute approximate surface area is 104 Å². The second-order valence-electron chi connectivity index (χ2n) is 5.42. The normalized spacial score (nSPS) is 30.1. The van der Waals surface area contributed by atoms with Crippen molar-refractivity contribution in [2.75, 3.05) is 13.1 Å². The number of carbonyl (C=O) groups is 1. The predicted molar refractivity (Wildman–Crippen MR) is 60.7 cm³/mol. The summed E-state index contributed by atoms with van der Waals surface area (Å²) in [5, 5.41) is 0. The molecule has 0 spiro atoms. The summed E-state index contributed by atoms with van der Waals surface area (Å²) in [5.41, 5.74) is 5.58. The fourth-order valence-electron chi connectivity index (χ4n) is 2.48. The van der Waals surface area contributed by atoms with E-state index in [1.54, 1.807) is 4.90 Å². The first-order valence-electron chi connectivity index (χ1n) is 6.48. The Balaban J connectivity index is 1.91. The van der Waals surface area contributed by atoms with Crippen molar-refractivity contribution in [3.8, 4) is 0 Å². The third kappa shape index (κ3) is 3.37. The zero-order valence-electron chi connectivity index (χ0n) is 10.2. The van der Waals surface area contributed by atoms with E-state index in [0.29, 0.717) is 18.9 Å². The van der Waals surface area contributed by atoms with Gasteiger partial charge in [-0.3, -0.25) is 4.79 Å². The molecule has 18 heavy (non-hydrogen) atoms. The van der Waals surface area contributed by atoms with E-state index in [-0.39, 0.29) is 25.3 Å². The molecule has 1 amide bonds. The molecular formula is C12H19F3N2O. The molecule has 1 saturated carbocycles. The highest BCUT2D eigenvalue weighted by Gasteiger charge is 2.44. The summed E-state index contributed by atoms with van der Waals surface area (Å²) in [7, 11) is 0. The molecule has 6 heteroatoms. The Bertz CT molecular complexity index is 315. The number of carbonyl (C=O) groups excluding carboxylic acids is 1. The largest absolute Gasteiger partial charge is 0.393 e. The monoisotopic (exact) mass is 264 g/mol. The molecule has 1 saturated heterocycles. The first-order valence-corrected chi connectivity index (χ1v) is 6.48. The molecule has 0 bridgehead atoms. The summed E-state index contributed by atoms with van der Waals surface area (Å²) in [6.45, 7) is 0.544. The summed E-state index contributed by atoms with van der Waals surface area (Å²) in [4.78, 5) is 13.4. The van der Waals surface area contributed by atoms with E-state index >= 15 is 0 Å². The van der Waals surface area contributed by atoms with Gasteiger partial charge in [-0.1, -0.05) is 0 Å². The van der Waals surface area contributed by atoms with Crippen LogP contribution in [-0.2, 0) is 4.79 Å². The lowest BCUT2D eigenvalue weighted by Crippen LogP contribution is -2.39. The van der Waals surface area contributed by atoms with Gasteiger partial charge in [0.2, 0.25) is 5.91 Å². The van der Waals surface area contributed by atoms with E-state index in [9.17, 15) is 18.0 Å². The molecule has 1 heterocycles. The van der Waals surface area contributed by atoms with Crippen LogP contribution in [-0.4, -0.2) is 36.1 Å². The Morgan fingerprint density at radius 1 is 1.17 bits per heavy atom. The number of alkyl halides is 3. The lowest BCUT2D eigenvalue weighted by atomic mass is 9.95. The van der Waals surface area contributed by atoms with Crippen LogP contribution in [0.1, 0.15) is 32.1 Å². The van der Waals surface area contributed by atoms with Gasteiger partial charge in [0.15, 0.2) is 0 Å². The molecule has 104 valence electrons. The highest BCUT2D eigenvalue weighted by Crippen LogP contribution is 2.35. The molecule has 2 rings (SSSR count). The minimum absolute atomic E-state index is 0.00692. The lowest BCUT2D eigenvalue weighted by Gasteiger charge is -2.23.